The summed E-state index contributed by atoms with van der Waals surface area (Å²) in [6.45, 7) is 4.93. The molecule has 0 amide bonds. The third kappa shape index (κ3) is 4.40. The molecular weight excluding hydrogens is 250 g/mol. The van der Waals surface area contributed by atoms with Crippen LogP contribution in [0, 0.1) is 0 Å². The third-order valence-electron chi connectivity index (χ3n) is 2.74. The lowest BCUT2D eigenvalue weighted by molar-refractivity contribution is 0.293. The lowest BCUT2D eigenvalue weighted by Crippen LogP contribution is -2.25. The molecule has 0 saturated carbocycles. The van der Waals surface area contributed by atoms with E-state index in [0.29, 0.717) is 23.9 Å². The molecule has 1 aromatic carbocycles. The molecule has 0 fully saturated rings. The van der Waals surface area contributed by atoms with Crippen LogP contribution < -0.4 is 5.32 Å². The van der Waals surface area contributed by atoms with Gasteiger partial charge in [-0.25, -0.2) is 8.42 Å². The Balaban J connectivity index is 2.67. The highest BCUT2D eigenvalue weighted by Crippen LogP contribution is 2.17. The van der Waals surface area contributed by atoms with Crippen molar-refractivity contribution in [2.75, 3.05) is 25.4 Å². The minimum Gasteiger partial charge on any atom is -0.395 e. The first-order chi connectivity index (χ1) is 8.47. The maximum atomic E-state index is 12.0. The van der Waals surface area contributed by atoms with Crippen LogP contribution in [-0.4, -0.2) is 39.0 Å². The zero-order chi connectivity index (χ0) is 13.6. The number of hydrogen-bond donors (Lipinski definition) is 2. The van der Waals surface area contributed by atoms with E-state index in [1.54, 1.807) is 12.1 Å². The molecule has 0 aliphatic carbocycles. The molecule has 18 heavy (non-hydrogen) atoms. The quantitative estimate of drug-likeness (QED) is 0.731. The summed E-state index contributed by atoms with van der Waals surface area (Å²) in [7, 11) is -3.23. The second kappa shape index (κ2) is 6.87. The zero-order valence-electron chi connectivity index (χ0n) is 10.9. The van der Waals surface area contributed by atoms with Crippen LogP contribution in [0.15, 0.2) is 29.2 Å². The second-order valence-corrected chi connectivity index (χ2v) is 6.63. The molecule has 1 rings (SSSR count). The van der Waals surface area contributed by atoms with Gasteiger partial charge in [0, 0.05) is 13.1 Å². The van der Waals surface area contributed by atoms with Crippen LogP contribution in [0.3, 0.4) is 0 Å². The van der Waals surface area contributed by atoms with Gasteiger partial charge < -0.3 is 10.4 Å². The summed E-state index contributed by atoms with van der Waals surface area (Å²) in [6.07, 6.45) is 0. The summed E-state index contributed by atoms with van der Waals surface area (Å²) in [5.41, 5.74) is 1.13. The molecule has 0 aliphatic heterocycles. The summed E-state index contributed by atoms with van der Waals surface area (Å²) in [6, 6.07) is 7.05. The molecule has 102 valence electrons. The average molecular weight is 271 g/mol. The van der Waals surface area contributed by atoms with E-state index in [1.165, 1.54) is 0 Å². The highest BCUT2D eigenvalue weighted by molar-refractivity contribution is 7.91. The number of rotatable bonds is 7. The Bertz CT molecular complexity index is 452. The zero-order valence-corrected chi connectivity index (χ0v) is 11.7. The summed E-state index contributed by atoms with van der Waals surface area (Å²) >= 11 is 0. The van der Waals surface area contributed by atoms with E-state index in [9.17, 15) is 8.42 Å². The average Bonchev–Trinajstić information content (AvgIpc) is 2.35. The van der Waals surface area contributed by atoms with Crippen LogP contribution in [0.25, 0.3) is 0 Å². The van der Waals surface area contributed by atoms with Crippen LogP contribution >= 0.6 is 0 Å². The van der Waals surface area contributed by atoms with Crippen LogP contribution in [0.5, 0.6) is 0 Å². The summed E-state index contributed by atoms with van der Waals surface area (Å²) in [5, 5.41) is 11.4. The van der Waals surface area contributed by atoms with Crippen LogP contribution in [0.1, 0.15) is 25.3 Å². The number of aliphatic hydroxyl groups is 1. The topological polar surface area (TPSA) is 66.4 Å². The smallest absolute Gasteiger partial charge is 0.179 e. The van der Waals surface area contributed by atoms with E-state index < -0.39 is 9.84 Å². The van der Waals surface area contributed by atoms with Gasteiger partial charge in [-0.3, -0.25) is 0 Å². The molecule has 2 N–H and O–H groups in total. The molecule has 0 saturated heterocycles. The molecule has 4 nitrogen and oxygen atoms in total. The van der Waals surface area contributed by atoms with Crippen molar-refractivity contribution < 1.29 is 13.5 Å². The van der Waals surface area contributed by atoms with Crippen molar-refractivity contribution in [2.24, 2.45) is 0 Å². The number of hydrogen-bond acceptors (Lipinski definition) is 4. The summed E-state index contributed by atoms with van der Waals surface area (Å²) in [5.74, 6) is 0.446. The van der Waals surface area contributed by atoms with E-state index in [2.05, 4.69) is 19.2 Å². The maximum absolute atomic E-state index is 12.0. The Kier molecular flexibility index (Phi) is 5.78. The number of benzene rings is 1. The lowest BCUT2D eigenvalue weighted by atomic mass is 10.0. The predicted octanol–water partition coefficient (Wildman–Crippen LogP) is 1.17. The fraction of sp³-hybridized carbons (Fsp3) is 0.538. The fourth-order valence-corrected chi connectivity index (χ4v) is 2.79. The van der Waals surface area contributed by atoms with Gasteiger partial charge in [0.2, 0.25) is 0 Å². The van der Waals surface area contributed by atoms with Gasteiger partial charge in [-0.15, -0.1) is 0 Å². The Morgan fingerprint density at radius 1 is 1.17 bits per heavy atom. The van der Waals surface area contributed by atoms with Crippen molar-refractivity contribution in [3.05, 3.63) is 29.8 Å². The van der Waals surface area contributed by atoms with Gasteiger partial charge in [-0.05, 0) is 23.6 Å². The number of sulfone groups is 1. The first-order valence-corrected chi connectivity index (χ1v) is 7.77. The molecular formula is C13H21NO3S. The van der Waals surface area contributed by atoms with Gasteiger partial charge in [0.1, 0.15) is 0 Å². The number of aliphatic hydroxyl groups excluding tert-OH is 1. The second-order valence-electron chi connectivity index (χ2n) is 4.52. The van der Waals surface area contributed by atoms with Gasteiger partial charge >= 0.3 is 0 Å². The summed E-state index contributed by atoms with van der Waals surface area (Å²) in [4.78, 5) is 0.359. The molecule has 1 aromatic rings. The van der Waals surface area contributed by atoms with E-state index in [4.69, 9.17) is 5.11 Å². The molecule has 0 spiro atoms. The first kappa shape index (κ1) is 15.1. The third-order valence-corrected chi connectivity index (χ3v) is 4.47. The monoisotopic (exact) mass is 271 g/mol. The minimum absolute atomic E-state index is 0.0170. The van der Waals surface area contributed by atoms with Gasteiger partial charge in [0.15, 0.2) is 9.84 Å². The highest BCUT2D eigenvalue weighted by Gasteiger charge is 2.13. The van der Waals surface area contributed by atoms with Crippen LogP contribution in [-0.2, 0) is 9.84 Å². The molecule has 0 radical (unpaired) electrons. The summed E-state index contributed by atoms with van der Waals surface area (Å²) < 4.78 is 23.9. The lowest BCUT2D eigenvalue weighted by Gasteiger charge is -2.08. The van der Waals surface area contributed by atoms with Gasteiger partial charge in [0.05, 0.1) is 17.3 Å². The van der Waals surface area contributed by atoms with E-state index in [0.717, 1.165) is 5.56 Å². The van der Waals surface area contributed by atoms with E-state index >= 15 is 0 Å². The predicted molar refractivity (Wildman–Crippen MR) is 72.5 cm³/mol. The largest absolute Gasteiger partial charge is 0.395 e. The van der Waals surface area contributed by atoms with Crippen LogP contribution in [0.4, 0.5) is 0 Å². The molecule has 0 unspecified atom stereocenters. The first-order valence-electron chi connectivity index (χ1n) is 6.11. The molecule has 0 aromatic heterocycles. The van der Waals surface area contributed by atoms with Gasteiger partial charge in [0.25, 0.3) is 0 Å². The Hall–Kier alpha value is -0.910. The SMILES string of the molecule is CC(C)c1ccc(S(=O)(=O)CCNCCO)cc1. The van der Waals surface area contributed by atoms with Crippen molar-refractivity contribution in [1.82, 2.24) is 5.32 Å². The van der Waals surface area contributed by atoms with Crippen molar-refractivity contribution in [3.63, 3.8) is 0 Å². The van der Waals surface area contributed by atoms with Crippen molar-refractivity contribution >= 4 is 9.84 Å². The Morgan fingerprint density at radius 2 is 1.78 bits per heavy atom. The van der Waals surface area contributed by atoms with E-state index in [1.807, 2.05) is 12.1 Å². The normalized spacial score (nSPS) is 12.0. The fourth-order valence-electron chi connectivity index (χ4n) is 1.59. The van der Waals surface area contributed by atoms with E-state index in [-0.39, 0.29) is 12.4 Å². The molecule has 0 heterocycles. The van der Waals surface area contributed by atoms with Crippen LogP contribution in [0.2, 0.25) is 0 Å². The van der Waals surface area contributed by atoms with Gasteiger partial charge in [-0.2, -0.15) is 0 Å². The Labute approximate surface area is 109 Å². The highest BCUT2D eigenvalue weighted by atomic mass is 32.2. The molecule has 0 aliphatic rings. The number of nitrogens with one attached hydrogen (secondary N) is 1. The Morgan fingerprint density at radius 3 is 2.28 bits per heavy atom. The van der Waals surface area contributed by atoms with Crippen molar-refractivity contribution in [1.29, 1.82) is 0 Å². The molecule has 0 atom stereocenters. The molecule has 0 bridgehead atoms. The van der Waals surface area contributed by atoms with Crippen molar-refractivity contribution in [2.45, 2.75) is 24.7 Å². The van der Waals surface area contributed by atoms with Gasteiger partial charge in [-0.1, -0.05) is 26.0 Å². The maximum Gasteiger partial charge on any atom is 0.179 e. The standard InChI is InChI=1S/C13H21NO3S/c1-11(2)12-3-5-13(6-4-12)18(16,17)10-8-14-7-9-15/h3-6,11,14-15H,7-10H2,1-2H3. The van der Waals surface area contributed by atoms with Crippen molar-refractivity contribution in [3.8, 4) is 0 Å². The molecule has 5 heteroatoms. The minimum atomic E-state index is -3.23.